The van der Waals surface area contributed by atoms with E-state index in [1.807, 2.05) is 6.07 Å². The van der Waals surface area contributed by atoms with Crippen LogP contribution in [0.3, 0.4) is 0 Å². The second-order valence-electron chi connectivity index (χ2n) is 5.12. The number of nitrogens with one attached hydrogen (secondary N) is 2. The molecule has 1 aliphatic rings. The quantitative estimate of drug-likeness (QED) is 0.912. The Morgan fingerprint density at radius 1 is 1.52 bits per heavy atom. The van der Waals surface area contributed by atoms with Gasteiger partial charge in [0.05, 0.1) is 5.92 Å². The zero-order valence-corrected chi connectivity index (χ0v) is 12.3. The first kappa shape index (κ1) is 14.2. The van der Waals surface area contributed by atoms with Crippen molar-refractivity contribution in [3.63, 3.8) is 0 Å². The fourth-order valence-electron chi connectivity index (χ4n) is 2.38. The van der Waals surface area contributed by atoms with Crippen LogP contribution >= 0.6 is 11.3 Å². The van der Waals surface area contributed by atoms with Gasteiger partial charge in [-0.15, -0.1) is 11.3 Å². The molecule has 0 spiro atoms. The third-order valence-electron chi connectivity index (χ3n) is 3.48. The number of rotatable bonds is 4. The molecule has 2 aromatic rings. The van der Waals surface area contributed by atoms with Gasteiger partial charge in [0.2, 0.25) is 5.91 Å². The molecule has 110 valence electrons. The summed E-state index contributed by atoms with van der Waals surface area (Å²) in [4.78, 5) is 17.2. The molecule has 21 heavy (non-hydrogen) atoms. The Kier molecular flexibility index (Phi) is 4.26. The van der Waals surface area contributed by atoms with E-state index in [4.69, 9.17) is 0 Å². The Bertz CT molecular complexity index is 637. The summed E-state index contributed by atoms with van der Waals surface area (Å²) in [7, 11) is 0. The fourth-order valence-corrected chi connectivity index (χ4v) is 3.23. The zero-order valence-electron chi connectivity index (χ0n) is 11.4. The summed E-state index contributed by atoms with van der Waals surface area (Å²) in [6.45, 7) is 1.62. The van der Waals surface area contributed by atoms with E-state index in [1.54, 1.807) is 12.3 Å². The molecule has 2 heterocycles. The van der Waals surface area contributed by atoms with Crippen LogP contribution in [-0.4, -0.2) is 24.0 Å². The first-order chi connectivity index (χ1) is 10.2. The van der Waals surface area contributed by atoms with E-state index < -0.39 is 0 Å². The molecule has 1 aromatic heterocycles. The summed E-state index contributed by atoms with van der Waals surface area (Å²) < 4.78 is 13.1. The minimum Gasteiger partial charge on any atom is -0.316 e. The standard InChI is InChI=1S/C15H16FN3OS/c16-12-3-1-2-10(6-12)7-13-9-18-15(21-13)19-14(20)11-4-5-17-8-11/h1-3,6,9,11,17H,4-5,7-8H2,(H,18,19,20). The van der Waals surface area contributed by atoms with Crippen LogP contribution in [0.4, 0.5) is 9.52 Å². The van der Waals surface area contributed by atoms with Gasteiger partial charge >= 0.3 is 0 Å². The predicted octanol–water partition coefficient (Wildman–Crippen LogP) is 2.42. The van der Waals surface area contributed by atoms with Crippen molar-refractivity contribution in [2.75, 3.05) is 18.4 Å². The molecule has 3 rings (SSSR count). The summed E-state index contributed by atoms with van der Waals surface area (Å²) >= 11 is 1.43. The number of nitrogens with zero attached hydrogens (tertiary/aromatic N) is 1. The van der Waals surface area contributed by atoms with Crippen LogP contribution in [0.15, 0.2) is 30.5 Å². The lowest BCUT2D eigenvalue weighted by molar-refractivity contribution is -0.119. The van der Waals surface area contributed by atoms with Crippen molar-refractivity contribution in [2.24, 2.45) is 5.92 Å². The SMILES string of the molecule is O=C(Nc1ncc(Cc2cccc(F)c2)s1)C1CCNC1. The summed E-state index contributed by atoms with van der Waals surface area (Å²) in [5.41, 5.74) is 0.900. The molecule has 1 atom stereocenters. The normalized spacial score (nSPS) is 17.9. The fraction of sp³-hybridized carbons (Fsp3) is 0.333. The van der Waals surface area contributed by atoms with Crippen molar-refractivity contribution in [1.82, 2.24) is 10.3 Å². The van der Waals surface area contributed by atoms with E-state index >= 15 is 0 Å². The predicted molar refractivity (Wildman–Crippen MR) is 80.9 cm³/mol. The monoisotopic (exact) mass is 305 g/mol. The van der Waals surface area contributed by atoms with Crippen LogP contribution in [0.5, 0.6) is 0 Å². The molecule has 1 aromatic carbocycles. The number of halogens is 1. The second kappa shape index (κ2) is 6.32. The van der Waals surface area contributed by atoms with Gasteiger partial charge in [0.1, 0.15) is 5.82 Å². The number of benzene rings is 1. The topological polar surface area (TPSA) is 54.0 Å². The number of carbonyl (C=O) groups is 1. The molecule has 1 amide bonds. The van der Waals surface area contributed by atoms with Crippen LogP contribution in [0.1, 0.15) is 16.9 Å². The third-order valence-corrected chi connectivity index (χ3v) is 4.39. The minimum absolute atomic E-state index is 0.0201. The van der Waals surface area contributed by atoms with Gasteiger partial charge in [-0.25, -0.2) is 9.37 Å². The van der Waals surface area contributed by atoms with Crippen molar-refractivity contribution in [3.05, 3.63) is 46.7 Å². The van der Waals surface area contributed by atoms with E-state index in [0.717, 1.165) is 30.0 Å². The number of anilines is 1. The van der Waals surface area contributed by atoms with Crippen molar-refractivity contribution < 1.29 is 9.18 Å². The highest BCUT2D eigenvalue weighted by molar-refractivity contribution is 7.15. The molecule has 0 aliphatic carbocycles. The highest BCUT2D eigenvalue weighted by Crippen LogP contribution is 2.22. The summed E-state index contributed by atoms with van der Waals surface area (Å²) in [6, 6.07) is 6.52. The van der Waals surface area contributed by atoms with Crippen LogP contribution in [-0.2, 0) is 11.2 Å². The average Bonchev–Trinajstić information content (AvgIpc) is 3.10. The van der Waals surface area contributed by atoms with Crippen molar-refractivity contribution in [2.45, 2.75) is 12.8 Å². The lowest BCUT2D eigenvalue weighted by Crippen LogP contribution is -2.24. The van der Waals surface area contributed by atoms with Gasteiger partial charge in [0, 0.05) is 24.0 Å². The van der Waals surface area contributed by atoms with E-state index in [9.17, 15) is 9.18 Å². The Hall–Kier alpha value is -1.79. The number of carbonyl (C=O) groups excluding carboxylic acids is 1. The first-order valence-electron chi connectivity index (χ1n) is 6.91. The smallest absolute Gasteiger partial charge is 0.230 e. The minimum atomic E-state index is -0.237. The maximum Gasteiger partial charge on any atom is 0.230 e. The van der Waals surface area contributed by atoms with Gasteiger partial charge in [-0.1, -0.05) is 12.1 Å². The van der Waals surface area contributed by atoms with E-state index in [-0.39, 0.29) is 17.6 Å². The van der Waals surface area contributed by atoms with Gasteiger partial charge in [-0.2, -0.15) is 0 Å². The Morgan fingerprint density at radius 3 is 3.19 bits per heavy atom. The third kappa shape index (κ3) is 3.65. The average molecular weight is 305 g/mol. The molecule has 1 aliphatic heterocycles. The Balaban J connectivity index is 1.62. The number of thiazole rings is 1. The van der Waals surface area contributed by atoms with Gasteiger partial charge in [0.25, 0.3) is 0 Å². The van der Waals surface area contributed by atoms with E-state index in [0.29, 0.717) is 11.6 Å². The Morgan fingerprint density at radius 2 is 2.43 bits per heavy atom. The molecule has 2 N–H and O–H groups in total. The maximum atomic E-state index is 13.1. The number of hydrogen-bond acceptors (Lipinski definition) is 4. The maximum absolute atomic E-state index is 13.1. The molecule has 1 unspecified atom stereocenters. The van der Waals surface area contributed by atoms with Gasteiger partial charge in [0.15, 0.2) is 5.13 Å². The van der Waals surface area contributed by atoms with Crippen LogP contribution in [0.2, 0.25) is 0 Å². The summed E-state index contributed by atoms with van der Waals surface area (Å²) in [5, 5.41) is 6.63. The highest BCUT2D eigenvalue weighted by Gasteiger charge is 2.23. The van der Waals surface area contributed by atoms with Crippen molar-refractivity contribution in [1.29, 1.82) is 0 Å². The lowest BCUT2D eigenvalue weighted by atomic mass is 10.1. The lowest BCUT2D eigenvalue weighted by Gasteiger charge is -2.06. The Labute approximate surface area is 126 Å². The molecule has 0 radical (unpaired) electrons. The zero-order chi connectivity index (χ0) is 14.7. The van der Waals surface area contributed by atoms with Crippen LogP contribution in [0, 0.1) is 11.7 Å². The summed E-state index contributed by atoms with van der Waals surface area (Å²) in [5.74, 6) is -0.188. The molecule has 0 bridgehead atoms. The molecule has 6 heteroatoms. The van der Waals surface area contributed by atoms with Gasteiger partial charge in [-0.3, -0.25) is 4.79 Å². The second-order valence-corrected chi connectivity index (χ2v) is 6.23. The molecular formula is C15H16FN3OS. The number of hydrogen-bond donors (Lipinski definition) is 2. The highest BCUT2D eigenvalue weighted by atomic mass is 32.1. The van der Waals surface area contributed by atoms with Gasteiger partial charge < -0.3 is 10.6 Å². The van der Waals surface area contributed by atoms with Gasteiger partial charge in [-0.05, 0) is 30.7 Å². The van der Waals surface area contributed by atoms with E-state index in [1.165, 1.54) is 23.5 Å². The van der Waals surface area contributed by atoms with E-state index in [2.05, 4.69) is 15.6 Å². The molecule has 1 saturated heterocycles. The summed E-state index contributed by atoms with van der Waals surface area (Å²) in [6.07, 6.45) is 3.22. The van der Waals surface area contributed by atoms with Crippen LogP contribution in [0.25, 0.3) is 0 Å². The molecule has 4 nitrogen and oxygen atoms in total. The molecular weight excluding hydrogens is 289 g/mol. The number of aromatic nitrogens is 1. The molecule has 1 fully saturated rings. The van der Waals surface area contributed by atoms with Crippen molar-refractivity contribution in [3.8, 4) is 0 Å². The number of amides is 1. The molecule has 0 saturated carbocycles. The largest absolute Gasteiger partial charge is 0.316 e. The first-order valence-corrected chi connectivity index (χ1v) is 7.73. The van der Waals surface area contributed by atoms with Crippen LogP contribution < -0.4 is 10.6 Å². The van der Waals surface area contributed by atoms with Crippen molar-refractivity contribution >= 4 is 22.4 Å².